The number of hydrogen-bond acceptors (Lipinski definition) is 5. The van der Waals surface area contributed by atoms with Gasteiger partial charge in [0.2, 0.25) is 0 Å². The fourth-order valence-electron chi connectivity index (χ4n) is 6.37. The monoisotopic (exact) mass is 550 g/mol. The zero-order valence-corrected chi connectivity index (χ0v) is 24.3. The Bertz CT molecular complexity index is 1380. The van der Waals surface area contributed by atoms with Crippen molar-refractivity contribution in [2.75, 3.05) is 39.3 Å². The van der Waals surface area contributed by atoms with E-state index in [4.69, 9.17) is 4.74 Å². The van der Waals surface area contributed by atoms with Crippen molar-refractivity contribution in [1.82, 2.24) is 15.1 Å². The molecule has 1 fully saturated rings. The van der Waals surface area contributed by atoms with Gasteiger partial charge in [-0.25, -0.2) is 0 Å². The van der Waals surface area contributed by atoms with Gasteiger partial charge >= 0.3 is 0 Å². The Labute approximate surface area is 244 Å². The number of aryl methyl sites for hydroxylation is 2. The first-order valence-corrected chi connectivity index (χ1v) is 15.3. The van der Waals surface area contributed by atoms with Gasteiger partial charge in [0.1, 0.15) is 11.6 Å². The molecule has 3 heterocycles. The highest BCUT2D eigenvalue weighted by molar-refractivity contribution is 6.01. The molecule has 0 saturated carbocycles. The van der Waals surface area contributed by atoms with E-state index >= 15 is 0 Å². The third-order valence-electron chi connectivity index (χ3n) is 8.92. The second-order valence-corrected chi connectivity index (χ2v) is 11.8. The van der Waals surface area contributed by atoms with Gasteiger partial charge in [-0.1, -0.05) is 42.5 Å². The molecule has 0 aliphatic carbocycles. The number of rotatable bonds is 8. The summed E-state index contributed by atoms with van der Waals surface area (Å²) in [6.07, 6.45) is 5.42. The summed E-state index contributed by atoms with van der Waals surface area (Å²) in [4.78, 5) is 22.1. The van der Waals surface area contributed by atoms with Gasteiger partial charge in [0.25, 0.3) is 5.91 Å². The van der Waals surface area contributed by atoms with Crippen LogP contribution in [-0.2, 0) is 19.5 Å². The van der Waals surface area contributed by atoms with Crippen molar-refractivity contribution in [3.05, 3.63) is 100 Å². The van der Waals surface area contributed by atoms with E-state index in [1.165, 1.54) is 28.7 Å². The molecule has 1 saturated heterocycles. The fourth-order valence-corrected chi connectivity index (χ4v) is 6.37. The number of amidine groups is 1. The molecule has 0 spiro atoms. The molecule has 6 heteroatoms. The standard InChI is InChI=1S/C35H42N4O2/c1-26-5-2-3-6-31(26)24-38-19-4-7-28-12-13-33(23-32(28)25-38)41-22-16-27-14-20-39(21-15-27)35(40)30-10-8-29(9-11-30)34-36-17-18-37-34/h2-3,5-6,8-13,23,27H,4,7,14-22,24-25H2,1H3,(H,36,37). The average Bonchev–Trinajstić information content (AvgIpc) is 3.47. The molecule has 0 bridgehead atoms. The van der Waals surface area contributed by atoms with Crippen LogP contribution in [-0.4, -0.2) is 60.9 Å². The minimum absolute atomic E-state index is 0.133. The number of benzene rings is 3. The van der Waals surface area contributed by atoms with Crippen molar-refractivity contribution in [3.63, 3.8) is 0 Å². The van der Waals surface area contributed by atoms with Crippen LogP contribution in [0.4, 0.5) is 0 Å². The molecule has 3 aliphatic heterocycles. The number of ether oxygens (including phenoxy) is 1. The zero-order valence-electron chi connectivity index (χ0n) is 24.3. The first kappa shape index (κ1) is 27.5. The van der Waals surface area contributed by atoms with Crippen LogP contribution in [0.5, 0.6) is 5.75 Å². The Hall–Kier alpha value is -3.64. The Balaban J connectivity index is 0.965. The molecule has 41 heavy (non-hydrogen) atoms. The summed E-state index contributed by atoms with van der Waals surface area (Å²) in [6.45, 7) is 9.36. The van der Waals surface area contributed by atoms with Crippen LogP contribution in [0.15, 0.2) is 71.7 Å². The van der Waals surface area contributed by atoms with E-state index in [-0.39, 0.29) is 5.91 Å². The molecule has 3 aliphatic rings. The maximum Gasteiger partial charge on any atom is 0.253 e. The zero-order chi connectivity index (χ0) is 28.0. The largest absolute Gasteiger partial charge is 0.494 e. The lowest BCUT2D eigenvalue weighted by Crippen LogP contribution is -2.38. The van der Waals surface area contributed by atoms with E-state index in [0.29, 0.717) is 5.92 Å². The first-order valence-electron chi connectivity index (χ1n) is 15.3. The van der Waals surface area contributed by atoms with Crippen LogP contribution >= 0.6 is 0 Å². The lowest BCUT2D eigenvalue weighted by molar-refractivity contribution is 0.0680. The Kier molecular flexibility index (Phi) is 8.66. The molecule has 0 aromatic heterocycles. The summed E-state index contributed by atoms with van der Waals surface area (Å²) >= 11 is 0. The third kappa shape index (κ3) is 6.82. The minimum atomic E-state index is 0.133. The van der Waals surface area contributed by atoms with E-state index in [9.17, 15) is 4.79 Å². The molecule has 1 N–H and O–H groups in total. The van der Waals surface area contributed by atoms with E-state index in [2.05, 4.69) is 64.6 Å². The average molecular weight is 551 g/mol. The van der Waals surface area contributed by atoms with Crippen LogP contribution < -0.4 is 10.1 Å². The molecule has 0 atom stereocenters. The maximum absolute atomic E-state index is 13.1. The van der Waals surface area contributed by atoms with Crippen molar-refractivity contribution in [3.8, 4) is 5.75 Å². The van der Waals surface area contributed by atoms with Gasteiger partial charge in [-0.05, 0) is 98.0 Å². The number of piperidine rings is 1. The van der Waals surface area contributed by atoms with Crippen LogP contribution in [0.1, 0.15) is 63.9 Å². The van der Waals surface area contributed by atoms with E-state index in [1.807, 2.05) is 29.2 Å². The van der Waals surface area contributed by atoms with Gasteiger partial charge in [0, 0.05) is 43.9 Å². The van der Waals surface area contributed by atoms with Gasteiger partial charge in [-0.2, -0.15) is 0 Å². The van der Waals surface area contributed by atoms with Gasteiger partial charge in [0.05, 0.1) is 13.2 Å². The molecule has 214 valence electrons. The van der Waals surface area contributed by atoms with Gasteiger partial charge in [-0.15, -0.1) is 0 Å². The van der Waals surface area contributed by atoms with Gasteiger partial charge < -0.3 is 15.0 Å². The highest BCUT2D eigenvalue weighted by Crippen LogP contribution is 2.27. The van der Waals surface area contributed by atoms with Crippen LogP contribution in [0.3, 0.4) is 0 Å². The summed E-state index contributed by atoms with van der Waals surface area (Å²) in [5.41, 5.74) is 7.45. The number of nitrogens with zero attached hydrogens (tertiary/aromatic N) is 3. The predicted octanol–water partition coefficient (Wildman–Crippen LogP) is 5.61. The molecule has 0 radical (unpaired) electrons. The Morgan fingerprint density at radius 2 is 1.83 bits per heavy atom. The molecular weight excluding hydrogens is 508 g/mol. The number of fused-ring (bicyclic) bond motifs is 1. The number of hydrogen-bond donors (Lipinski definition) is 1. The fraction of sp³-hybridized carbons (Fsp3) is 0.429. The van der Waals surface area contributed by atoms with Gasteiger partial charge in [-0.3, -0.25) is 14.7 Å². The molecular formula is C35H42N4O2. The predicted molar refractivity (Wildman–Crippen MR) is 165 cm³/mol. The lowest BCUT2D eigenvalue weighted by Gasteiger charge is -2.32. The maximum atomic E-state index is 13.1. The summed E-state index contributed by atoms with van der Waals surface area (Å²) in [5, 5.41) is 3.29. The number of carbonyl (C=O) groups is 1. The Morgan fingerprint density at radius 3 is 2.61 bits per heavy atom. The van der Waals surface area contributed by atoms with Gasteiger partial charge in [0.15, 0.2) is 0 Å². The second kappa shape index (κ2) is 12.9. The summed E-state index contributed by atoms with van der Waals surface area (Å²) in [7, 11) is 0. The molecule has 6 rings (SSSR count). The normalized spacial score (nSPS) is 17.9. The van der Waals surface area contributed by atoms with Crippen molar-refractivity contribution < 1.29 is 9.53 Å². The van der Waals surface area contributed by atoms with Crippen molar-refractivity contribution >= 4 is 11.7 Å². The summed E-state index contributed by atoms with van der Waals surface area (Å²) in [6, 6.07) is 23.3. The molecule has 6 nitrogen and oxygen atoms in total. The highest BCUT2D eigenvalue weighted by atomic mass is 16.5. The molecule has 3 aromatic carbocycles. The van der Waals surface area contributed by atoms with E-state index in [0.717, 1.165) is 101 Å². The van der Waals surface area contributed by atoms with Crippen molar-refractivity contribution in [1.29, 1.82) is 0 Å². The van der Waals surface area contributed by atoms with Crippen LogP contribution in [0, 0.1) is 12.8 Å². The van der Waals surface area contributed by atoms with Crippen LogP contribution in [0.25, 0.3) is 0 Å². The van der Waals surface area contributed by atoms with E-state index < -0.39 is 0 Å². The smallest absolute Gasteiger partial charge is 0.253 e. The number of amides is 1. The minimum Gasteiger partial charge on any atom is -0.494 e. The highest BCUT2D eigenvalue weighted by Gasteiger charge is 2.24. The second-order valence-electron chi connectivity index (χ2n) is 11.8. The number of nitrogens with one attached hydrogen (secondary N) is 1. The molecule has 3 aromatic rings. The third-order valence-corrected chi connectivity index (χ3v) is 8.92. The molecule has 1 amide bonds. The van der Waals surface area contributed by atoms with E-state index in [1.54, 1.807) is 0 Å². The number of likely N-dealkylation sites (tertiary alicyclic amines) is 1. The number of aliphatic imine (C=N–C) groups is 1. The quantitative estimate of drug-likeness (QED) is 0.396. The number of carbonyl (C=O) groups excluding carboxylic acids is 1. The summed E-state index contributed by atoms with van der Waals surface area (Å²) < 4.78 is 6.27. The Morgan fingerprint density at radius 1 is 1.00 bits per heavy atom. The van der Waals surface area contributed by atoms with Crippen molar-refractivity contribution in [2.24, 2.45) is 10.9 Å². The first-order chi connectivity index (χ1) is 20.1. The SMILES string of the molecule is Cc1ccccc1CN1CCCc2ccc(OCCC3CCN(C(=O)c4ccc(C5=NCCN5)cc4)CC3)cc2C1. The van der Waals surface area contributed by atoms with Crippen LogP contribution in [0.2, 0.25) is 0 Å². The lowest BCUT2D eigenvalue weighted by atomic mass is 9.93. The topological polar surface area (TPSA) is 57.2 Å². The molecule has 0 unspecified atom stereocenters. The van der Waals surface area contributed by atoms with Crippen molar-refractivity contribution in [2.45, 2.75) is 52.1 Å². The summed E-state index contributed by atoms with van der Waals surface area (Å²) in [5.74, 6) is 2.64.